The minimum absolute atomic E-state index is 0.157. The summed E-state index contributed by atoms with van der Waals surface area (Å²) in [6.07, 6.45) is 1.74. The van der Waals surface area contributed by atoms with E-state index in [4.69, 9.17) is 9.47 Å². The van der Waals surface area contributed by atoms with Crippen LogP contribution in [0.3, 0.4) is 0 Å². The number of benzene rings is 3. The van der Waals surface area contributed by atoms with Crippen LogP contribution in [0.4, 0.5) is 5.69 Å². The zero-order valence-corrected chi connectivity index (χ0v) is 19.2. The van der Waals surface area contributed by atoms with Gasteiger partial charge >= 0.3 is 0 Å². The van der Waals surface area contributed by atoms with E-state index >= 15 is 0 Å². The maximum atomic E-state index is 13.1. The minimum atomic E-state index is -3.80. The van der Waals surface area contributed by atoms with Gasteiger partial charge in [-0.25, -0.2) is 13.4 Å². The smallest absolute Gasteiger partial charge is 0.261 e. The molecular formula is C24H25N3O4S. The van der Waals surface area contributed by atoms with Crippen LogP contribution in [0.15, 0.2) is 65.8 Å². The summed E-state index contributed by atoms with van der Waals surface area (Å²) in [5.41, 5.74) is 4.86. The average molecular weight is 452 g/mol. The molecule has 7 nitrogen and oxygen atoms in total. The number of nitrogens with zero attached hydrogens (tertiary/aromatic N) is 2. The van der Waals surface area contributed by atoms with Crippen molar-refractivity contribution in [1.82, 2.24) is 9.55 Å². The Morgan fingerprint density at radius 2 is 1.53 bits per heavy atom. The maximum absolute atomic E-state index is 13.1. The lowest BCUT2D eigenvalue weighted by atomic mass is 10.1. The lowest BCUT2D eigenvalue weighted by Crippen LogP contribution is -2.14. The minimum Gasteiger partial charge on any atom is -0.497 e. The molecule has 3 aromatic carbocycles. The molecule has 4 rings (SSSR count). The summed E-state index contributed by atoms with van der Waals surface area (Å²) in [6, 6.07) is 16.1. The standard InChI is InChI=1S/C24H25N3O4S/c1-16-13-22-24(25-15-27(22)14-18-5-7-19(30-3)8-6-18)23(17(16)2)26-32(28,29)21-11-9-20(31-4)10-12-21/h5-13,15,26H,14H2,1-4H3. The van der Waals surface area contributed by atoms with Crippen molar-refractivity contribution in [2.24, 2.45) is 0 Å². The number of aryl methyl sites for hydroxylation is 1. The molecule has 1 N–H and O–H groups in total. The molecule has 0 aliphatic rings. The SMILES string of the molecule is COc1ccc(Cn2cnc3c(NS(=O)(=O)c4ccc(OC)cc4)c(C)c(C)cc32)cc1. The highest BCUT2D eigenvalue weighted by atomic mass is 32.2. The Balaban J connectivity index is 1.72. The highest BCUT2D eigenvalue weighted by Gasteiger charge is 2.20. The van der Waals surface area contributed by atoms with Crippen LogP contribution in [0.5, 0.6) is 11.5 Å². The molecule has 0 spiro atoms. The molecule has 0 radical (unpaired) electrons. The fourth-order valence-electron chi connectivity index (χ4n) is 3.55. The summed E-state index contributed by atoms with van der Waals surface area (Å²) in [4.78, 5) is 4.70. The normalized spacial score (nSPS) is 11.5. The number of anilines is 1. The topological polar surface area (TPSA) is 82.5 Å². The summed E-state index contributed by atoms with van der Waals surface area (Å²) < 4.78 is 41.2. The molecule has 166 valence electrons. The van der Waals surface area contributed by atoms with Gasteiger partial charge < -0.3 is 14.0 Å². The second kappa shape index (κ2) is 8.55. The summed E-state index contributed by atoms with van der Waals surface area (Å²) >= 11 is 0. The fraction of sp³-hybridized carbons (Fsp3) is 0.208. The predicted octanol–water partition coefficient (Wildman–Crippen LogP) is 4.52. The van der Waals surface area contributed by atoms with E-state index in [1.54, 1.807) is 25.6 Å². The van der Waals surface area contributed by atoms with Crippen molar-refractivity contribution in [3.8, 4) is 11.5 Å². The number of rotatable bonds is 7. The second-order valence-corrected chi connectivity index (χ2v) is 9.25. The number of nitrogens with one attached hydrogen (secondary N) is 1. The molecule has 0 aliphatic carbocycles. The van der Waals surface area contributed by atoms with Crippen LogP contribution >= 0.6 is 0 Å². The van der Waals surface area contributed by atoms with Crippen molar-refractivity contribution in [3.05, 3.63) is 77.6 Å². The van der Waals surface area contributed by atoms with E-state index in [1.807, 2.05) is 48.7 Å². The Labute approximate surface area is 187 Å². The van der Waals surface area contributed by atoms with Gasteiger partial charge in [0, 0.05) is 6.54 Å². The Morgan fingerprint density at radius 3 is 2.12 bits per heavy atom. The zero-order chi connectivity index (χ0) is 22.9. The van der Waals surface area contributed by atoms with Gasteiger partial charge in [0.15, 0.2) is 0 Å². The van der Waals surface area contributed by atoms with E-state index in [2.05, 4.69) is 9.71 Å². The van der Waals surface area contributed by atoms with E-state index in [-0.39, 0.29) is 4.90 Å². The number of imidazole rings is 1. The van der Waals surface area contributed by atoms with Crippen LogP contribution in [0.25, 0.3) is 11.0 Å². The number of fused-ring (bicyclic) bond motifs is 1. The molecular weight excluding hydrogens is 426 g/mol. The summed E-state index contributed by atoms with van der Waals surface area (Å²) in [7, 11) is -0.620. The maximum Gasteiger partial charge on any atom is 0.261 e. The van der Waals surface area contributed by atoms with Crippen LogP contribution in [0, 0.1) is 13.8 Å². The monoisotopic (exact) mass is 451 g/mol. The number of ether oxygens (including phenoxy) is 2. The van der Waals surface area contributed by atoms with Crippen molar-refractivity contribution < 1.29 is 17.9 Å². The molecule has 0 bridgehead atoms. The van der Waals surface area contributed by atoms with Gasteiger partial charge in [-0.3, -0.25) is 4.72 Å². The van der Waals surface area contributed by atoms with E-state index in [0.29, 0.717) is 23.5 Å². The number of hydrogen-bond donors (Lipinski definition) is 1. The Bertz CT molecular complexity index is 1360. The molecule has 0 atom stereocenters. The molecule has 8 heteroatoms. The molecule has 0 amide bonds. The van der Waals surface area contributed by atoms with Crippen molar-refractivity contribution in [2.75, 3.05) is 18.9 Å². The van der Waals surface area contributed by atoms with Crippen LogP contribution in [-0.4, -0.2) is 32.2 Å². The zero-order valence-electron chi connectivity index (χ0n) is 18.4. The van der Waals surface area contributed by atoms with Gasteiger partial charge in [-0.15, -0.1) is 0 Å². The molecule has 1 aromatic heterocycles. The van der Waals surface area contributed by atoms with Crippen LogP contribution in [0.2, 0.25) is 0 Å². The predicted molar refractivity (Wildman–Crippen MR) is 125 cm³/mol. The van der Waals surface area contributed by atoms with E-state index in [1.165, 1.54) is 19.2 Å². The van der Waals surface area contributed by atoms with Crippen LogP contribution in [0.1, 0.15) is 16.7 Å². The van der Waals surface area contributed by atoms with E-state index in [0.717, 1.165) is 28.0 Å². The largest absolute Gasteiger partial charge is 0.497 e. The molecule has 0 saturated carbocycles. The van der Waals surface area contributed by atoms with Gasteiger partial charge in [0.1, 0.15) is 17.0 Å². The first-order chi connectivity index (χ1) is 15.3. The number of sulfonamides is 1. The highest BCUT2D eigenvalue weighted by molar-refractivity contribution is 7.92. The summed E-state index contributed by atoms with van der Waals surface area (Å²) in [5, 5.41) is 0. The molecule has 4 aromatic rings. The lowest BCUT2D eigenvalue weighted by Gasteiger charge is -2.14. The average Bonchev–Trinajstić information content (AvgIpc) is 3.19. The first kappa shape index (κ1) is 21.7. The number of aromatic nitrogens is 2. The second-order valence-electron chi connectivity index (χ2n) is 7.56. The molecule has 0 aliphatic heterocycles. The van der Waals surface area contributed by atoms with Crippen molar-refractivity contribution >= 4 is 26.7 Å². The first-order valence-corrected chi connectivity index (χ1v) is 11.6. The molecule has 0 unspecified atom stereocenters. The Kier molecular flexibility index (Phi) is 5.80. The lowest BCUT2D eigenvalue weighted by molar-refractivity contribution is 0.414. The van der Waals surface area contributed by atoms with Gasteiger partial charge in [0.05, 0.1) is 36.6 Å². The van der Waals surface area contributed by atoms with E-state index in [9.17, 15) is 8.42 Å². The first-order valence-electron chi connectivity index (χ1n) is 10.1. The van der Waals surface area contributed by atoms with Crippen molar-refractivity contribution in [3.63, 3.8) is 0 Å². The van der Waals surface area contributed by atoms with Gasteiger partial charge in [0.25, 0.3) is 10.0 Å². The summed E-state index contributed by atoms with van der Waals surface area (Å²) in [6.45, 7) is 4.46. The molecule has 32 heavy (non-hydrogen) atoms. The van der Waals surface area contributed by atoms with Gasteiger partial charge in [-0.05, 0) is 73.0 Å². The van der Waals surface area contributed by atoms with Crippen LogP contribution in [-0.2, 0) is 16.6 Å². The summed E-state index contributed by atoms with van der Waals surface area (Å²) in [5.74, 6) is 1.39. The molecule has 0 fully saturated rings. The fourth-order valence-corrected chi connectivity index (χ4v) is 4.68. The molecule has 0 saturated heterocycles. The highest BCUT2D eigenvalue weighted by Crippen LogP contribution is 2.31. The Morgan fingerprint density at radius 1 is 0.938 bits per heavy atom. The van der Waals surface area contributed by atoms with Crippen molar-refractivity contribution in [2.45, 2.75) is 25.3 Å². The Hall–Kier alpha value is -3.52. The molecule has 1 heterocycles. The number of methoxy groups -OCH3 is 2. The number of hydrogen-bond acceptors (Lipinski definition) is 5. The van der Waals surface area contributed by atoms with E-state index < -0.39 is 10.0 Å². The van der Waals surface area contributed by atoms with Crippen LogP contribution < -0.4 is 14.2 Å². The third-order valence-corrected chi connectivity index (χ3v) is 6.92. The van der Waals surface area contributed by atoms with Crippen molar-refractivity contribution in [1.29, 1.82) is 0 Å². The third kappa shape index (κ3) is 4.13. The third-order valence-electron chi connectivity index (χ3n) is 5.55. The van der Waals surface area contributed by atoms with Gasteiger partial charge in [-0.2, -0.15) is 0 Å². The van der Waals surface area contributed by atoms with Gasteiger partial charge in [0.2, 0.25) is 0 Å². The van der Waals surface area contributed by atoms with Gasteiger partial charge in [-0.1, -0.05) is 12.1 Å². The quantitative estimate of drug-likeness (QED) is 0.447.